The number of halogens is 1. The molecule has 1 aliphatic rings. The van der Waals surface area contributed by atoms with E-state index < -0.39 is 0 Å². The van der Waals surface area contributed by atoms with Gasteiger partial charge in [-0.05, 0) is 39.0 Å². The van der Waals surface area contributed by atoms with Gasteiger partial charge in [-0.2, -0.15) is 0 Å². The lowest BCUT2D eigenvalue weighted by Gasteiger charge is -2.29. The molecule has 0 unspecified atom stereocenters. The Morgan fingerprint density at radius 3 is 2.78 bits per heavy atom. The van der Waals surface area contributed by atoms with Gasteiger partial charge in [0.15, 0.2) is 0 Å². The minimum atomic E-state index is 0.420. The van der Waals surface area contributed by atoms with Crippen LogP contribution in [0.25, 0.3) is 22.4 Å². The fourth-order valence-electron chi connectivity index (χ4n) is 3.53. The Balaban J connectivity index is 1.45. The van der Waals surface area contributed by atoms with Crippen molar-refractivity contribution in [1.82, 2.24) is 33.9 Å². The van der Waals surface area contributed by atoms with Crippen molar-refractivity contribution >= 4 is 28.8 Å². The lowest BCUT2D eigenvalue weighted by molar-refractivity contribution is 0.263. The molecule has 4 aromatic rings. The molecular weight excluding hydrogens is 364 g/mol. The van der Waals surface area contributed by atoms with Gasteiger partial charge in [0.25, 0.3) is 0 Å². The predicted octanol–water partition coefficient (Wildman–Crippen LogP) is 2.60. The highest BCUT2D eigenvalue weighted by Gasteiger charge is 2.18. The Labute approximate surface area is 160 Å². The molecule has 0 atom stereocenters. The molecule has 1 aliphatic heterocycles. The van der Waals surface area contributed by atoms with Crippen molar-refractivity contribution in [3.63, 3.8) is 0 Å². The first-order valence-corrected chi connectivity index (χ1v) is 9.33. The summed E-state index contributed by atoms with van der Waals surface area (Å²) in [6.45, 7) is 2.19. The van der Waals surface area contributed by atoms with Crippen LogP contribution in [0.3, 0.4) is 0 Å². The van der Waals surface area contributed by atoms with Crippen LogP contribution in [0, 0.1) is 0 Å². The summed E-state index contributed by atoms with van der Waals surface area (Å²) in [6.07, 6.45) is 11.3. The number of fused-ring (bicyclic) bond motifs is 2. The van der Waals surface area contributed by atoms with Gasteiger partial charge in [-0.15, -0.1) is 5.10 Å². The quantitative estimate of drug-likeness (QED) is 0.587. The zero-order valence-electron chi connectivity index (χ0n) is 14.9. The Hall–Kier alpha value is -2.71. The molecule has 0 radical (unpaired) electrons. The van der Waals surface area contributed by atoms with E-state index in [1.54, 1.807) is 16.8 Å². The van der Waals surface area contributed by atoms with Gasteiger partial charge < -0.3 is 10.2 Å². The molecular formula is C18H19ClN8. The number of anilines is 1. The van der Waals surface area contributed by atoms with E-state index in [0.717, 1.165) is 42.6 Å². The van der Waals surface area contributed by atoms with Gasteiger partial charge in [-0.25, -0.2) is 19.5 Å². The summed E-state index contributed by atoms with van der Waals surface area (Å²) in [5.41, 5.74) is 2.85. The number of hydrogen-bond acceptors (Lipinski definition) is 6. The van der Waals surface area contributed by atoms with Gasteiger partial charge in [0.1, 0.15) is 5.15 Å². The van der Waals surface area contributed by atoms with Gasteiger partial charge in [0.05, 0.1) is 17.9 Å². The van der Waals surface area contributed by atoms with Gasteiger partial charge in [0.2, 0.25) is 11.7 Å². The smallest absolute Gasteiger partial charge is 0.241 e. The number of nitrogens with one attached hydrogen (secondary N) is 1. The van der Waals surface area contributed by atoms with Crippen LogP contribution in [0.2, 0.25) is 5.15 Å². The maximum atomic E-state index is 6.17. The second-order valence-electron chi connectivity index (χ2n) is 6.96. The monoisotopic (exact) mass is 382 g/mol. The van der Waals surface area contributed by atoms with Crippen molar-refractivity contribution in [1.29, 1.82) is 0 Å². The number of likely N-dealkylation sites (tertiary alicyclic amines) is 1. The molecule has 1 N–H and O–H groups in total. The maximum absolute atomic E-state index is 6.17. The van der Waals surface area contributed by atoms with Gasteiger partial charge in [0, 0.05) is 35.8 Å². The molecule has 1 saturated heterocycles. The third-order valence-corrected chi connectivity index (χ3v) is 5.38. The van der Waals surface area contributed by atoms with Gasteiger partial charge in [-0.1, -0.05) is 11.6 Å². The van der Waals surface area contributed by atoms with Crippen LogP contribution in [0.4, 0.5) is 5.95 Å². The Morgan fingerprint density at radius 2 is 1.93 bits per heavy atom. The Morgan fingerprint density at radius 1 is 1.11 bits per heavy atom. The molecule has 0 aromatic carbocycles. The summed E-state index contributed by atoms with van der Waals surface area (Å²) in [5, 5.41) is 8.61. The highest BCUT2D eigenvalue weighted by Crippen LogP contribution is 2.26. The highest BCUT2D eigenvalue weighted by molar-refractivity contribution is 6.29. The SMILES string of the molecule is CN1CCC(Nc2ncc3c(-c4cnc5ncc(Cl)n5c4)ccn3n2)CC1. The minimum absolute atomic E-state index is 0.420. The maximum Gasteiger partial charge on any atom is 0.241 e. The summed E-state index contributed by atoms with van der Waals surface area (Å²) in [7, 11) is 2.16. The van der Waals surface area contributed by atoms with E-state index in [2.05, 4.69) is 37.3 Å². The van der Waals surface area contributed by atoms with Crippen molar-refractivity contribution < 1.29 is 0 Å². The van der Waals surface area contributed by atoms with Crippen molar-refractivity contribution in [3.8, 4) is 11.1 Å². The molecule has 8 nitrogen and oxygen atoms in total. The molecule has 5 heterocycles. The number of hydrogen-bond donors (Lipinski definition) is 1. The average molecular weight is 383 g/mol. The molecule has 0 spiro atoms. The second-order valence-corrected chi connectivity index (χ2v) is 7.34. The van der Waals surface area contributed by atoms with E-state index in [1.807, 2.05) is 29.2 Å². The van der Waals surface area contributed by atoms with Crippen molar-refractivity contribution in [3.05, 3.63) is 42.2 Å². The zero-order valence-corrected chi connectivity index (χ0v) is 15.6. The van der Waals surface area contributed by atoms with E-state index >= 15 is 0 Å². The average Bonchev–Trinajstić information content (AvgIpc) is 3.27. The molecule has 5 rings (SSSR count). The minimum Gasteiger partial charge on any atom is -0.350 e. The van der Waals surface area contributed by atoms with Crippen LogP contribution in [-0.2, 0) is 0 Å². The van der Waals surface area contributed by atoms with E-state index in [9.17, 15) is 0 Å². The fourth-order valence-corrected chi connectivity index (χ4v) is 3.70. The summed E-state index contributed by atoms with van der Waals surface area (Å²) < 4.78 is 3.61. The summed E-state index contributed by atoms with van der Waals surface area (Å²) in [6, 6.07) is 2.43. The normalized spacial score (nSPS) is 16.4. The van der Waals surface area contributed by atoms with E-state index in [0.29, 0.717) is 22.9 Å². The topological polar surface area (TPSA) is 75.6 Å². The molecule has 0 bridgehead atoms. The highest BCUT2D eigenvalue weighted by atomic mass is 35.5. The molecule has 1 fully saturated rings. The van der Waals surface area contributed by atoms with Crippen molar-refractivity contribution in [2.24, 2.45) is 0 Å². The number of piperidine rings is 1. The van der Waals surface area contributed by atoms with E-state index in [-0.39, 0.29) is 0 Å². The molecule has 9 heteroatoms. The molecule has 27 heavy (non-hydrogen) atoms. The van der Waals surface area contributed by atoms with Crippen LogP contribution in [0.5, 0.6) is 0 Å². The summed E-state index contributed by atoms with van der Waals surface area (Å²) >= 11 is 6.17. The second kappa shape index (κ2) is 6.47. The summed E-state index contributed by atoms with van der Waals surface area (Å²) in [4.78, 5) is 15.4. The number of rotatable bonds is 3. The fraction of sp³-hybridized carbons (Fsp3) is 0.333. The largest absolute Gasteiger partial charge is 0.350 e. The standard InChI is InChI=1S/C18H19ClN8/c1-25-5-2-13(3-6-25)23-17-20-9-15-14(4-7-27(15)24-17)12-8-21-18-22-10-16(19)26(18)11-12/h4,7-11,13H,2-3,5-6H2,1H3,(H,23,24). The van der Waals surface area contributed by atoms with Crippen molar-refractivity contribution in [2.45, 2.75) is 18.9 Å². The predicted molar refractivity (Wildman–Crippen MR) is 104 cm³/mol. The summed E-state index contributed by atoms with van der Waals surface area (Å²) in [5.74, 6) is 1.23. The lowest BCUT2D eigenvalue weighted by atomic mass is 10.1. The van der Waals surface area contributed by atoms with E-state index in [1.165, 1.54) is 0 Å². The molecule has 4 aromatic heterocycles. The third kappa shape index (κ3) is 3.00. The van der Waals surface area contributed by atoms with Crippen LogP contribution in [-0.4, -0.2) is 60.0 Å². The van der Waals surface area contributed by atoms with Crippen LogP contribution in [0.15, 0.2) is 37.1 Å². The molecule has 138 valence electrons. The van der Waals surface area contributed by atoms with Crippen LogP contribution in [0.1, 0.15) is 12.8 Å². The van der Waals surface area contributed by atoms with Crippen LogP contribution < -0.4 is 5.32 Å². The third-order valence-electron chi connectivity index (χ3n) is 5.10. The Bertz CT molecular complexity index is 1110. The zero-order chi connectivity index (χ0) is 18.4. The van der Waals surface area contributed by atoms with Crippen molar-refractivity contribution in [2.75, 3.05) is 25.5 Å². The number of imidazole rings is 1. The first-order chi connectivity index (χ1) is 13.2. The number of aromatic nitrogens is 6. The van der Waals surface area contributed by atoms with E-state index in [4.69, 9.17) is 11.6 Å². The van der Waals surface area contributed by atoms with Gasteiger partial charge in [-0.3, -0.25) is 4.40 Å². The molecule has 0 amide bonds. The first-order valence-electron chi connectivity index (χ1n) is 8.96. The number of nitrogens with zero attached hydrogens (tertiary/aromatic N) is 7. The Kier molecular flexibility index (Phi) is 3.95. The van der Waals surface area contributed by atoms with Gasteiger partial charge >= 0.3 is 0 Å². The lowest BCUT2D eigenvalue weighted by Crippen LogP contribution is -2.37. The van der Waals surface area contributed by atoms with Crippen LogP contribution >= 0.6 is 11.6 Å². The molecule has 0 saturated carbocycles. The first kappa shape index (κ1) is 16.5. The molecule has 0 aliphatic carbocycles.